The van der Waals surface area contributed by atoms with Gasteiger partial charge in [0.05, 0.1) is 11.0 Å². The van der Waals surface area contributed by atoms with Gasteiger partial charge in [0, 0.05) is 24.9 Å². The zero-order chi connectivity index (χ0) is 11.4. The number of rotatable bonds is 4. The van der Waals surface area contributed by atoms with E-state index in [1.165, 1.54) is 0 Å². The first-order chi connectivity index (χ1) is 7.79. The number of nitrogens with zero attached hydrogens (tertiary/aromatic N) is 2. The van der Waals surface area contributed by atoms with Crippen LogP contribution in [0.15, 0.2) is 30.6 Å². The van der Waals surface area contributed by atoms with Crippen LogP contribution in [0.3, 0.4) is 0 Å². The van der Waals surface area contributed by atoms with Crippen LogP contribution in [0.25, 0.3) is 11.0 Å². The summed E-state index contributed by atoms with van der Waals surface area (Å²) < 4.78 is 5.35. The molecule has 4 heteroatoms. The Morgan fingerprint density at radius 1 is 1.25 bits per heavy atom. The zero-order valence-corrected chi connectivity index (χ0v) is 9.01. The number of ketones is 1. The van der Waals surface area contributed by atoms with Crippen LogP contribution in [0.4, 0.5) is 0 Å². The minimum Gasteiger partial charge on any atom is -0.486 e. The summed E-state index contributed by atoms with van der Waals surface area (Å²) in [7, 11) is 0. The van der Waals surface area contributed by atoms with Crippen LogP contribution in [0.1, 0.15) is 13.3 Å². The summed E-state index contributed by atoms with van der Waals surface area (Å²) in [5, 5.41) is 0. The van der Waals surface area contributed by atoms with E-state index in [-0.39, 0.29) is 12.4 Å². The summed E-state index contributed by atoms with van der Waals surface area (Å²) in [6, 6.07) is 5.40. The van der Waals surface area contributed by atoms with E-state index in [1.807, 2.05) is 13.0 Å². The van der Waals surface area contributed by atoms with Gasteiger partial charge >= 0.3 is 0 Å². The Morgan fingerprint density at radius 3 is 2.75 bits per heavy atom. The van der Waals surface area contributed by atoms with Crippen LogP contribution in [-0.4, -0.2) is 22.4 Å². The maximum Gasteiger partial charge on any atom is 0.169 e. The first kappa shape index (κ1) is 10.5. The second-order valence-electron chi connectivity index (χ2n) is 3.39. The summed E-state index contributed by atoms with van der Waals surface area (Å²) in [5.74, 6) is 0.731. The van der Waals surface area contributed by atoms with Gasteiger partial charge < -0.3 is 4.74 Å². The van der Waals surface area contributed by atoms with Crippen LogP contribution in [0, 0.1) is 0 Å². The summed E-state index contributed by atoms with van der Waals surface area (Å²) in [5.41, 5.74) is 1.58. The van der Waals surface area contributed by atoms with E-state index in [1.54, 1.807) is 24.5 Å². The molecule has 82 valence electrons. The molecule has 0 unspecified atom stereocenters. The molecule has 0 saturated carbocycles. The monoisotopic (exact) mass is 216 g/mol. The van der Waals surface area contributed by atoms with Gasteiger partial charge in [-0.2, -0.15) is 0 Å². The van der Waals surface area contributed by atoms with Crippen molar-refractivity contribution >= 4 is 16.8 Å². The number of fused-ring (bicyclic) bond motifs is 1. The first-order valence-corrected chi connectivity index (χ1v) is 5.15. The number of Topliss-reactive ketones (excluding diaryl/α,β-unsaturated/α-hetero) is 1. The molecule has 2 aromatic rings. The smallest absolute Gasteiger partial charge is 0.169 e. The van der Waals surface area contributed by atoms with Crippen molar-refractivity contribution in [3.8, 4) is 5.75 Å². The van der Waals surface area contributed by atoms with E-state index in [9.17, 15) is 4.79 Å². The fourth-order valence-corrected chi connectivity index (χ4v) is 1.30. The van der Waals surface area contributed by atoms with Crippen LogP contribution in [0.2, 0.25) is 0 Å². The fourth-order valence-electron chi connectivity index (χ4n) is 1.30. The highest BCUT2D eigenvalue weighted by Gasteiger charge is 2.02. The molecular formula is C12H12N2O2. The molecule has 1 heterocycles. The average molecular weight is 216 g/mol. The molecule has 0 amide bonds. The highest BCUT2D eigenvalue weighted by Crippen LogP contribution is 2.16. The molecule has 1 aromatic heterocycles. The van der Waals surface area contributed by atoms with E-state index in [2.05, 4.69) is 9.97 Å². The second kappa shape index (κ2) is 4.70. The molecular weight excluding hydrogens is 204 g/mol. The van der Waals surface area contributed by atoms with Gasteiger partial charge in [-0.1, -0.05) is 6.92 Å². The molecule has 0 aliphatic rings. The molecule has 0 radical (unpaired) electrons. The Bertz CT molecular complexity index is 511. The lowest BCUT2D eigenvalue weighted by atomic mass is 10.3. The zero-order valence-electron chi connectivity index (χ0n) is 9.01. The number of aromatic nitrogens is 2. The van der Waals surface area contributed by atoms with E-state index >= 15 is 0 Å². The maximum atomic E-state index is 11.1. The van der Waals surface area contributed by atoms with Gasteiger partial charge in [-0.05, 0) is 12.1 Å². The number of ether oxygens (including phenoxy) is 1. The molecule has 0 spiro atoms. The van der Waals surface area contributed by atoms with E-state index in [0.29, 0.717) is 12.2 Å². The van der Waals surface area contributed by atoms with Crippen LogP contribution in [0.5, 0.6) is 5.75 Å². The van der Waals surface area contributed by atoms with Crippen LogP contribution < -0.4 is 4.74 Å². The first-order valence-electron chi connectivity index (χ1n) is 5.15. The number of hydrogen-bond acceptors (Lipinski definition) is 4. The molecule has 0 fully saturated rings. The van der Waals surface area contributed by atoms with E-state index < -0.39 is 0 Å². The molecule has 0 atom stereocenters. The average Bonchev–Trinajstić information content (AvgIpc) is 2.35. The lowest BCUT2D eigenvalue weighted by molar-refractivity contribution is -0.120. The normalized spacial score (nSPS) is 10.3. The molecule has 0 N–H and O–H groups in total. The topological polar surface area (TPSA) is 52.1 Å². The highest BCUT2D eigenvalue weighted by molar-refractivity contribution is 5.80. The Balaban J connectivity index is 2.16. The maximum absolute atomic E-state index is 11.1. The summed E-state index contributed by atoms with van der Waals surface area (Å²) in [4.78, 5) is 19.4. The van der Waals surface area contributed by atoms with Crippen molar-refractivity contribution in [2.75, 3.05) is 6.61 Å². The SMILES string of the molecule is CCC(=O)COc1ccc2nccnc2c1. The fraction of sp³-hybridized carbons (Fsp3) is 0.250. The lowest BCUT2D eigenvalue weighted by Gasteiger charge is -2.04. The number of hydrogen-bond donors (Lipinski definition) is 0. The molecule has 4 nitrogen and oxygen atoms in total. The number of carbonyl (C=O) groups excluding carboxylic acids is 1. The largest absolute Gasteiger partial charge is 0.486 e. The van der Waals surface area contributed by atoms with E-state index in [0.717, 1.165) is 11.0 Å². The summed E-state index contributed by atoms with van der Waals surface area (Å²) >= 11 is 0. The summed E-state index contributed by atoms with van der Waals surface area (Å²) in [6.45, 7) is 1.93. The van der Waals surface area contributed by atoms with Crippen molar-refractivity contribution in [3.05, 3.63) is 30.6 Å². The van der Waals surface area contributed by atoms with Gasteiger partial charge in [-0.15, -0.1) is 0 Å². The Labute approximate surface area is 93.3 Å². The molecule has 0 bridgehead atoms. The standard InChI is InChI=1S/C12H12N2O2/c1-2-9(15)8-16-10-3-4-11-12(7-10)14-6-5-13-11/h3-7H,2,8H2,1H3. The Hall–Kier alpha value is -1.97. The van der Waals surface area contributed by atoms with Crippen molar-refractivity contribution in [2.24, 2.45) is 0 Å². The van der Waals surface area contributed by atoms with Crippen molar-refractivity contribution < 1.29 is 9.53 Å². The van der Waals surface area contributed by atoms with Crippen LogP contribution >= 0.6 is 0 Å². The molecule has 16 heavy (non-hydrogen) atoms. The summed E-state index contributed by atoms with van der Waals surface area (Å²) in [6.07, 6.45) is 3.76. The molecule has 0 aliphatic carbocycles. The third-order valence-corrected chi connectivity index (χ3v) is 2.23. The van der Waals surface area contributed by atoms with Crippen molar-refractivity contribution in [1.29, 1.82) is 0 Å². The van der Waals surface area contributed by atoms with Gasteiger partial charge in [-0.3, -0.25) is 14.8 Å². The third kappa shape index (κ3) is 2.34. The lowest BCUT2D eigenvalue weighted by Crippen LogP contribution is -2.09. The molecule has 1 aromatic carbocycles. The predicted octanol–water partition coefficient (Wildman–Crippen LogP) is 1.99. The quantitative estimate of drug-likeness (QED) is 0.784. The molecule has 2 rings (SSSR count). The molecule has 0 saturated heterocycles. The van der Waals surface area contributed by atoms with Gasteiger partial charge in [-0.25, -0.2) is 0 Å². The van der Waals surface area contributed by atoms with E-state index in [4.69, 9.17) is 4.74 Å². The van der Waals surface area contributed by atoms with Gasteiger partial charge in [0.2, 0.25) is 0 Å². The van der Waals surface area contributed by atoms with Crippen molar-refractivity contribution in [1.82, 2.24) is 9.97 Å². The minimum atomic E-state index is 0.0826. The van der Waals surface area contributed by atoms with Gasteiger partial charge in [0.15, 0.2) is 5.78 Å². The minimum absolute atomic E-state index is 0.0826. The van der Waals surface area contributed by atoms with Crippen LogP contribution in [-0.2, 0) is 4.79 Å². The number of carbonyl (C=O) groups is 1. The Kier molecular flexibility index (Phi) is 3.10. The third-order valence-electron chi connectivity index (χ3n) is 2.23. The second-order valence-corrected chi connectivity index (χ2v) is 3.39. The van der Waals surface area contributed by atoms with Crippen molar-refractivity contribution in [3.63, 3.8) is 0 Å². The Morgan fingerprint density at radius 2 is 2.00 bits per heavy atom. The highest BCUT2D eigenvalue weighted by atomic mass is 16.5. The molecule has 0 aliphatic heterocycles. The number of benzene rings is 1. The van der Waals surface area contributed by atoms with Gasteiger partial charge in [0.25, 0.3) is 0 Å². The predicted molar refractivity (Wildman–Crippen MR) is 60.3 cm³/mol. The van der Waals surface area contributed by atoms with Crippen molar-refractivity contribution in [2.45, 2.75) is 13.3 Å². The van der Waals surface area contributed by atoms with Gasteiger partial charge in [0.1, 0.15) is 12.4 Å².